The maximum absolute atomic E-state index is 11.8. The number of hydrogen-bond acceptors (Lipinski definition) is 4. The average Bonchev–Trinajstić information content (AvgIpc) is 2.35. The normalized spacial score (nSPS) is 11.9. The number of sulfone groups is 1. The molecule has 0 atom stereocenters. The summed E-state index contributed by atoms with van der Waals surface area (Å²) in [6.07, 6.45) is 4.43. The molecule has 0 aliphatic heterocycles. The largest absolute Gasteiger partial charge is 0.382 e. The fourth-order valence-electron chi connectivity index (χ4n) is 1.52. The van der Waals surface area contributed by atoms with Gasteiger partial charge >= 0.3 is 0 Å². The van der Waals surface area contributed by atoms with Gasteiger partial charge in [0, 0.05) is 18.8 Å². The molecule has 0 aliphatic rings. The van der Waals surface area contributed by atoms with E-state index in [1.54, 1.807) is 24.3 Å². The van der Waals surface area contributed by atoms with Crippen molar-refractivity contribution < 1.29 is 8.42 Å². The molecule has 0 aromatic heterocycles. The molecule has 0 radical (unpaired) electrons. The van der Waals surface area contributed by atoms with Gasteiger partial charge in [0.05, 0.1) is 10.6 Å². The van der Waals surface area contributed by atoms with Gasteiger partial charge in [-0.15, -0.1) is 0 Å². The third-order valence-corrected chi connectivity index (χ3v) is 4.35. The summed E-state index contributed by atoms with van der Waals surface area (Å²) in [5, 5.41) is 3.15. The van der Waals surface area contributed by atoms with Crippen molar-refractivity contribution in [3.63, 3.8) is 0 Å². The van der Waals surface area contributed by atoms with E-state index in [1.807, 2.05) is 19.1 Å². The fourth-order valence-corrected chi connectivity index (χ4v) is 2.85. The van der Waals surface area contributed by atoms with Crippen LogP contribution in [0.4, 0.5) is 5.69 Å². The van der Waals surface area contributed by atoms with Crippen LogP contribution in [0, 0.1) is 0 Å². The maximum Gasteiger partial charge on any atom is 0.178 e. The third kappa shape index (κ3) is 4.50. The van der Waals surface area contributed by atoms with E-state index in [0.29, 0.717) is 24.4 Å². The van der Waals surface area contributed by atoms with E-state index in [4.69, 9.17) is 5.73 Å². The number of rotatable bonds is 7. The van der Waals surface area contributed by atoms with Gasteiger partial charge in [0.2, 0.25) is 0 Å². The first-order valence-electron chi connectivity index (χ1n) is 6.02. The van der Waals surface area contributed by atoms with Crippen molar-refractivity contribution in [1.29, 1.82) is 0 Å². The molecule has 18 heavy (non-hydrogen) atoms. The highest BCUT2D eigenvalue weighted by molar-refractivity contribution is 7.91. The minimum absolute atomic E-state index is 0.193. The maximum atomic E-state index is 11.8. The van der Waals surface area contributed by atoms with Crippen molar-refractivity contribution in [3.8, 4) is 0 Å². The number of benzene rings is 1. The topological polar surface area (TPSA) is 72.2 Å². The van der Waals surface area contributed by atoms with Crippen molar-refractivity contribution in [2.45, 2.75) is 18.2 Å². The SMILES string of the molecule is CCCS(=O)(=O)c1ccc(NC/C=C/CN)cc1. The molecular formula is C13H20N2O2S. The van der Waals surface area contributed by atoms with Crippen LogP contribution >= 0.6 is 0 Å². The lowest BCUT2D eigenvalue weighted by atomic mass is 10.3. The molecule has 1 aromatic carbocycles. The molecule has 5 heteroatoms. The molecular weight excluding hydrogens is 248 g/mol. The summed E-state index contributed by atoms with van der Waals surface area (Å²) in [6.45, 7) is 3.06. The second-order valence-electron chi connectivity index (χ2n) is 3.93. The third-order valence-electron chi connectivity index (χ3n) is 2.41. The predicted molar refractivity (Wildman–Crippen MR) is 75.5 cm³/mol. The molecule has 1 aromatic rings. The minimum atomic E-state index is -3.11. The summed E-state index contributed by atoms with van der Waals surface area (Å²) >= 11 is 0. The average molecular weight is 268 g/mol. The molecule has 0 heterocycles. The van der Waals surface area contributed by atoms with Crippen molar-refractivity contribution in [2.24, 2.45) is 5.73 Å². The Kier molecular flexibility index (Phi) is 5.88. The van der Waals surface area contributed by atoms with Crippen LogP contribution in [-0.2, 0) is 9.84 Å². The highest BCUT2D eigenvalue weighted by Gasteiger charge is 2.12. The Labute approximate surface area is 109 Å². The highest BCUT2D eigenvalue weighted by atomic mass is 32.2. The zero-order valence-electron chi connectivity index (χ0n) is 10.6. The van der Waals surface area contributed by atoms with Gasteiger partial charge in [-0.3, -0.25) is 0 Å². The molecule has 0 amide bonds. The summed E-state index contributed by atoms with van der Waals surface area (Å²) in [4.78, 5) is 0.382. The van der Waals surface area contributed by atoms with Crippen LogP contribution in [0.2, 0.25) is 0 Å². The van der Waals surface area contributed by atoms with Gasteiger partial charge in [0.15, 0.2) is 9.84 Å². The molecule has 0 unspecified atom stereocenters. The number of anilines is 1. The van der Waals surface area contributed by atoms with E-state index in [9.17, 15) is 8.42 Å². The van der Waals surface area contributed by atoms with Crippen molar-refractivity contribution in [1.82, 2.24) is 0 Å². The molecule has 0 aliphatic carbocycles. The molecule has 4 nitrogen and oxygen atoms in total. The summed E-state index contributed by atoms with van der Waals surface area (Å²) in [5.74, 6) is 0.193. The Morgan fingerprint density at radius 2 is 1.89 bits per heavy atom. The van der Waals surface area contributed by atoms with E-state index in [0.717, 1.165) is 5.69 Å². The Bertz CT molecular complexity index is 478. The standard InChI is InChI=1S/C13H20N2O2S/c1-2-11-18(16,17)13-7-5-12(6-8-13)15-10-4-3-9-14/h3-8,15H,2,9-11,14H2,1H3/b4-3+. The molecule has 0 bridgehead atoms. The molecule has 100 valence electrons. The second kappa shape index (κ2) is 7.18. The fraction of sp³-hybridized carbons (Fsp3) is 0.385. The smallest absolute Gasteiger partial charge is 0.178 e. The summed E-state index contributed by atoms with van der Waals surface area (Å²) in [7, 11) is -3.11. The zero-order valence-corrected chi connectivity index (χ0v) is 11.4. The first-order valence-corrected chi connectivity index (χ1v) is 7.67. The van der Waals surface area contributed by atoms with Gasteiger partial charge in [-0.1, -0.05) is 19.1 Å². The lowest BCUT2D eigenvalue weighted by molar-refractivity contribution is 0.595. The zero-order chi connectivity index (χ0) is 13.4. The Morgan fingerprint density at radius 3 is 2.44 bits per heavy atom. The Balaban J connectivity index is 2.66. The van der Waals surface area contributed by atoms with Crippen LogP contribution in [0.1, 0.15) is 13.3 Å². The molecule has 0 spiro atoms. The first kappa shape index (κ1) is 14.7. The van der Waals surface area contributed by atoms with Crippen LogP contribution in [0.15, 0.2) is 41.3 Å². The number of hydrogen-bond donors (Lipinski definition) is 2. The summed E-state index contributed by atoms with van der Waals surface area (Å²) < 4.78 is 23.6. The van der Waals surface area contributed by atoms with Crippen LogP contribution in [-0.4, -0.2) is 27.3 Å². The van der Waals surface area contributed by atoms with Gasteiger partial charge in [-0.2, -0.15) is 0 Å². The predicted octanol–water partition coefficient (Wildman–Crippen LogP) is 1.80. The molecule has 3 N–H and O–H groups in total. The van der Waals surface area contributed by atoms with Crippen LogP contribution in [0.5, 0.6) is 0 Å². The Hall–Kier alpha value is -1.33. The van der Waals surface area contributed by atoms with Gasteiger partial charge in [-0.05, 0) is 30.7 Å². The molecule has 0 saturated carbocycles. The van der Waals surface area contributed by atoms with E-state index in [-0.39, 0.29) is 5.75 Å². The van der Waals surface area contributed by atoms with Crippen molar-refractivity contribution >= 4 is 15.5 Å². The minimum Gasteiger partial charge on any atom is -0.382 e. The summed E-state index contributed by atoms with van der Waals surface area (Å²) in [6, 6.07) is 6.83. The molecule has 0 saturated heterocycles. The van der Waals surface area contributed by atoms with E-state index < -0.39 is 9.84 Å². The van der Waals surface area contributed by atoms with E-state index in [2.05, 4.69) is 5.32 Å². The van der Waals surface area contributed by atoms with Gasteiger partial charge < -0.3 is 11.1 Å². The number of nitrogens with one attached hydrogen (secondary N) is 1. The Morgan fingerprint density at radius 1 is 1.22 bits per heavy atom. The molecule has 1 rings (SSSR count). The van der Waals surface area contributed by atoms with Crippen LogP contribution < -0.4 is 11.1 Å². The molecule has 0 fully saturated rings. The monoisotopic (exact) mass is 268 g/mol. The van der Waals surface area contributed by atoms with E-state index >= 15 is 0 Å². The number of nitrogens with two attached hydrogens (primary N) is 1. The van der Waals surface area contributed by atoms with Crippen LogP contribution in [0.3, 0.4) is 0 Å². The van der Waals surface area contributed by atoms with E-state index in [1.165, 1.54) is 0 Å². The van der Waals surface area contributed by atoms with Crippen LogP contribution in [0.25, 0.3) is 0 Å². The highest BCUT2D eigenvalue weighted by Crippen LogP contribution is 2.15. The van der Waals surface area contributed by atoms with Gasteiger partial charge in [0.1, 0.15) is 0 Å². The van der Waals surface area contributed by atoms with Crippen molar-refractivity contribution in [2.75, 3.05) is 24.2 Å². The quantitative estimate of drug-likeness (QED) is 0.740. The van der Waals surface area contributed by atoms with Gasteiger partial charge in [-0.25, -0.2) is 8.42 Å². The lowest BCUT2D eigenvalue weighted by Gasteiger charge is -2.06. The first-order chi connectivity index (χ1) is 8.60. The van der Waals surface area contributed by atoms with Crippen molar-refractivity contribution in [3.05, 3.63) is 36.4 Å². The second-order valence-corrected chi connectivity index (χ2v) is 6.04. The summed E-state index contributed by atoms with van der Waals surface area (Å²) in [5.41, 5.74) is 6.22. The van der Waals surface area contributed by atoms with Gasteiger partial charge in [0.25, 0.3) is 0 Å². The lowest BCUT2D eigenvalue weighted by Crippen LogP contribution is -2.06.